The summed E-state index contributed by atoms with van der Waals surface area (Å²) in [5.74, 6) is 0.784. The normalized spacial score (nSPS) is 10.6. The lowest BCUT2D eigenvalue weighted by atomic mass is 10.1. The highest BCUT2D eigenvalue weighted by atomic mass is 16.1. The van der Waals surface area contributed by atoms with E-state index in [9.17, 15) is 4.79 Å². The van der Waals surface area contributed by atoms with Crippen molar-refractivity contribution in [3.8, 4) is 0 Å². The fourth-order valence-corrected chi connectivity index (χ4v) is 2.37. The lowest BCUT2D eigenvalue weighted by Gasteiger charge is -2.28. The van der Waals surface area contributed by atoms with Crippen LogP contribution in [0.4, 0.5) is 5.82 Å². The van der Waals surface area contributed by atoms with E-state index in [4.69, 9.17) is 0 Å². The number of pyridine rings is 1. The van der Waals surface area contributed by atoms with E-state index in [0.29, 0.717) is 12.1 Å². The molecule has 4 heteroatoms. The molecule has 1 amide bonds. The Morgan fingerprint density at radius 3 is 2.61 bits per heavy atom. The van der Waals surface area contributed by atoms with Gasteiger partial charge in [-0.15, -0.1) is 0 Å². The number of amides is 1. The van der Waals surface area contributed by atoms with Crippen molar-refractivity contribution in [2.24, 2.45) is 0 Å². The predicted molar refractivity (Wildman–Crippen MR) is 94.6 cm³/mol. The molecule has 0 atom stereocenters. The highest BCUT2D eigenvalue weighted by Gasteiger charge is 2.14. The van der Waals surface area contributed by atoms with E-state index in [2.05, 4.69) is 41.2 Å². The molecule has 23 heavy (non-hydrogen) atoms. The standard InChI is InChI=1S/C19H25N3O/c1-4-11-21-19(23)17-10-12-20-18(13-17)22(15(2)3)14-16-8-6-5-7-9-16/h5-10,12-13,15H,4,11,14H2,1-3H3,(H,21,23). The van der Waals surface area contributed by atoms with Crippen LogP contribution in [0.15, 0.2) is 48.7 Å². The SMILES string of the molecule is CCCNC(=O)c1ccnc(N(Cc2ccccc2)C(C)C)c1. The average molecular weight is 311 g/mol. The Hall–Kier alpha value is -2.36. The molecule has 0 fully saturated rings. The molecule has 0 saturated heterocycles. The Morgan fingerprint density at radius 1 is 1.22 bits per heavy atom. The lowest BCUT2D eigenvalue weighted by Crippen LogP contribution is -2.31. The molecular formula is C19H25N3O. The fourth-order valence-electron chi connectivity index (χ4n) is 2.37. The van der Waals surface area contributed by atoms with Crippen LogP contribution in [-0.2, 0) is 6.54 Å². The minimum Gasteiger partial charge on any atom is -0.352 e. The first-order valence-electron chi connectivity index (χ1n) is 8.16. The summed E-state index contributed by atoms with van der Waals surface area (Å²) in [5.41, 5.74) is 1.88. The first-order chi connectivity index (χ1) is 11.1. The number of rotatable bonds is 7. The molecule has 1 N–H and O–H groups in total. The van der Waals surface area contributed by atoms with Gasteiger partial charge in [-0.05, 0) is 38.0 Å². The first-order valence-corrected chi connectivity index (χ1v) is 8.16. The molecule has 0 saturated carbocycles. The summed E-state index contributed by atoms with van der Waals surface area (Å²) < 4.78 is 0. The number of carbonyl (C=O) groups is 1. The maximum atomic E-state index is 12.1. The molecule has 4 nitrogen and oxygen atoms in total. The van der Waals surface area contributed by atoms with Crippen LogP contribution in [0.3, 0.4) is 0 Å². The third kappa shape index (κ3) is 4.81. The number of nitrogens with one attached hydrogen (secondary N) is 1. The highest BCUT2D eigenvalue weighted by Crippen LogP contribution is 2.19. The molecule has 0 aliphatic rings. The molecular weight excluding hydrogens is 286 g/mol. The summed E-state index contributed by atoms with van der Waals surface area (Å²) in [7, 11) is 0. The summed E-state index contributed by atoms with van der Waals surface area (Å²) in [6.07, 6.45) is 2.63. The molecule has 0 aliphatic heterocycles. The molecule has 1 aromatic carbocycles. The van der Waals surface area contributed by atoms with Crippen molar-refractivity contribution in [3.05, 3.63) is 59.8 Å². The summed E-state index contributed by atoms with van der Waals surface area (Å²) in [4.78, 5) is 18.8. The smallest absolute Gasteiger partial charge is 0.251 e. The predicted octanol–water partition coefficient (Wildman–Crippen LogP) is 3.64. The topological polar surface area (TPSA) is 45.2 Å². The summed E-state index contributed by atoms with van der Waals surface area (Å²) >= 11 is 0. The fraction of sp³-hybridized carbons (Fsp3) is 0.368. The summed E-state index contributed by atoms with van der Waals surface area (Å²) in [5, 5.41) is 2.91. The van der Waals surface area contributed by atoms with Crippen molar-refractivity contribution >= 4 is 11.7 Å². The highest BCUT2D eigenvalue weighted by molar-refractivity contribution is 5.94. The van der Waals surface area contributed by atoms with Gasteiger partial charge in [-0.2, -0.15) is 0 Å². The second-order valence-electron chi connectivity index (χ2n) is 5.87. The number of anilines is 1. The molecule has 0 unspecified atom stereocenters. The zero-order valence-corrected chi connectivity index (χ0v) is 14.1. The van der Waals surface area contributed by atoms with E-state index in [1.165, 1.54) is 5.56 Å². The van der Waals surface area contributed by atoms with Crippen molar-refractivity contribution < 1.29 is 4.79 Å². The second kappa shape index (κ2) is 8.32. The Labute approximate surface area is 138 Å². The number of nitrogens with zero attached hydrogens (tertiary/aromatic N) is 2. The lowest BCUT2D eigenvalue weighted by molar-refractivity contribution is 0.0953. The first kappa shape index (κ1) is 17.0. The Kier molecular flexibility index (Phi) is 6.15. The van der Waals surface area contributed by atoms with Crippen molar-refractivity contribution in [2.45, 2.75) is 39.8 Å². The summed E-state index contributed by atoms with van der Waals surface area (Å²) in [6.45, 7) is 7.77. The zero-order chi connectivity index (χ0) is 16.7. The van der Waals surface area contributed by atoms with Gasteiger partial charge in [-0.1, -0.05) is 37.3 Å². The second-order valence-corrected chi connectivity index (χ2v) is 5.87. The number of carbonyl (C=O) groups excluding carboxylic acids is 1. The van der Waals surface area contributed by atoms with Crippen molar-refractivity contribution in [3.63, 3.8) is 0 Å². The van der Waals surface area contributed by atoms with Gasteiger partial charge in [0, 0.05) is 30.9 Å². The Morgan fingerprint density at radius 2 is 1.96 bits per heavy atom. The molecule has 1 aromatic heterocycles. The van der Waals surface area contributed by atoms with Gasteiger partial charge >= 0.3 is 0 Å². The molecule has 122 valence electrons. The van der Waals surface area contributed by atoms with E-state index in [1.807, 2.05) is 31.2 Å². The van der Waals surface area contributed by atoms with E-state index in [0.717, 1.165) is 18.8 Å². The minimum absolute atomic E-state index is 0.0427. The largest absolute Gasteiger partial charge is 0.352 e. The van der Waals surface area contributed by atoms with Gasteiger partial charge in [0.05, 0.1) is 0 Å². The molecule has 1 heterocycles. The van der Waals surface area contributed by atoms with Gasteiger partial charge in [-0.25, -0.2) is 4.98 Å². The molecule has 0 bridgehead atoms. The van der Waals surface area contributed by atoms with Gasteiger partial charge in [0.1, 0.15) is 5.82 Å². The molecule has 0 aliphatic carbocycles. The molecule has 0 radical (unpaired) electrons. The number of hydrogen-bond donors (Lipinski definition) is 1. The third-order valence-electron chi connectivity index (χ3n) is 3.66. The van der Waals surface area contributed by atoms with Crippen LogP contribution in [0.1, 0.15) is 43.1 Å². The van der Waals surface area contributed by atoms with Crippen LogP contribution in [0.25, 0.3) is 0 Å². The zero-order valence-electron chi connectivity index (χ0n) is 14.1. The van der Waals surface area contributed by atoms with Crippen LogP contribution in [-0.4, -0.2) is 23.5 Å². The monoisotopic (exact) mass is 311 g/mol. The van der Waals surface area contributed by atoms with Crippen LogP contribution < -0.4 is 10.2 Å². The third-order valence-corrected chi connectivity index (χ3v) is 3.66. The van der Waals surface area contributed by atoms with Gasteiger partial charge < -0.3 is 10.2 Å². The van der Waals surface area contributed by atoms with Crippen molar-refractivity contribution in [1.82, 2.24) is 10.3 Å². The molecule has 2 aromatic rings. The van der Waals surface area contributed by atoms with Gasteiger partial charge in [0.25, 0.3) is 5.91 Å². The Bertz CT molecular complexity index is 626. The van der Waals surface area contributed by atoms with Crippen LogP contribution in [0, 0.1) is 0 Å². The van der Waals surface area contributed by atoms with Crippen LogP contribution in [0.5, 0.6) is 0 Å². The maximum Gasteiger partial charge on any atom is 0.251 e. The maximum absolute atomic E-state index is 12.1. The van der Waals surface area contributed by atoms with Crippen LogP contribution in [0.2, 0.25) is 0 Å². The number of hydrogen-bond acceptors (Lipinski definition) is 3. The van der Waals surface area contributed by atoms with E-state index >= 15 is 0 Å². The van der Waals surface area contributed by atoms with E-state index < -0.39 is 0 Å². The van der Waals surface area contributed by atoms with E-state index in [1.54, 1.807) is 12.3 Å². The number of benzene rings is 1. The van der Waals surface area contributed by atoms with E-state index in [-0.39, 0.29) is 11.9 Å². The van der Waals surface area contributed by atoms with Gasteiger partial charge in [0.2, 0.25) is 0 Å². The van der Waals surface area contributed by atoms with Crippen LogP contribution >= 0.6 is 0 Å². The number of aromatic nitrogens is 1. The molecule has 0 spiro atoms. The quantitative estimate of drug-likeness (QED) is 0.849. The molecule has 2 rings (SSSR count). The van der Waals surface area contributed by atoms with Gasteiger partial charge in [-0.3, -0.25) is 4.79 Å². The van der Waals surface area contributed by atoms with Crippen molar-refractivity contribution in [2.75, 3.05) is 11.4 Å². The average Bonchev–Trinajstić information content (AvgIpc) is 2.58. The minimum atomic E-state index is -0.0427. The van der Waals surface area contributed by atoms with Crippen molar-refractivity contribution in [1.29, 1.82) is 0 Å². The Balaban J connectivity index is 2.21. The summed E-state index contributed by atoms with van der Waals surface area (Å²) in [6, 6.07) is 14.2. The van der Waals surface area contributed by atoms with Gasteiger partial charge in [0.15, 0.2) is 0 Å².